The molecule has 0 saturated heterocycles. The Bertz CT molecular complexity index is 1070. The van der Waals surface area contributed by atoms with Crippen molar-refractivity contribution >= 4 is 12.6 Å². The van der Waals surface area contributed by atoms with Gasteiger partial charge in [0.1, 0.15) is 0 Å². The van der Waals surface area contributed by atoms with Gasteiger partial charge in [0.25, 0.3) is 0 Å². The Morgan fingerprint density at radius 2 is 0.143 bits per heavy atom. The van der Waals surface area contributed by atoms with Crippen LogP contribution in [0, 0.1) is 0 Å². The van der Waals surface area contributed by atoms with Crippen LogP contribution in [0.1, 0.15) is 572 Å². The van der Waals surface area contributed by atoms with Crippen LogP contribution < -0.4 is 0 Å². The van der Waals surface area contributed by atoms with E-state index in [2.05, 4.69) is 19.6 Å². The molecule has 0 nitrogen and oxygen atoms in total. The van der Waals surface area contributed by atoms with E-state index in [9.17, 15) is 0 Å². The Morgan fingerprint density at radius 1 is 0.0879 bits per heavy atom. The molecule has 1 heteroatoms. The molecule has 0 aromatic heterocycles. The summed E-state index contributed by atoms with van der Waals surface area (Å²) >= 11 is 4.31. The Labute approximate surface area is 586 Å². The molecule has 0 N–H and O–H groups in total. The Kier molecular flexibility index (Phi) is 90.7. The van der Waals surface area contributed by atoms with Crippen LogP contribution >= 0.6 is 12.6 Å². The van der Waals surface area contributed by atoms with E-state index in [0.717, 1.165) is 5.75 Å². The van der Waals surface area contributed by atoms with Gasteiger partial charge in [0.05, 0.1) is 0 Å². The van der Waals surface area contributed by atoms with E-state index in [0.29, 0.717) is 0 Å². The van der Waals surface area contributed by atoms with Crippen LogP contribution in [0.2, 0.25) is 0 Å². The Hall–Kier alpha value is 0.350. The molecule has 0 aliphatic heterocycles. The number of hydrogen-bond acceptors (Lipinski definition) is 1. The molecule has 0 radical (unpaired) electrons. The van der Waals surface area contributed by atoms with Crippen molar-refractivity contribution in [3.63, 3.8) is 0 Å². The van der Waals surface area contributed by atoms with Crippen molar-refractivity contribution in [2.75, 3.05) is 5.75 Å². The fourth-order valence-corrected chi connectivity index (χ4v) is 15.6. The van der Waals surface area contributed by atoms with Gasteiger partial charge >= 0.3 is 0 Å². The highest BCUT2D eigenvalue weighted by Gasteiger charge is 2.03. The summed E-state index contributed by atoms with van der Waals surface area (Å²) in [7, 11) is 0. The number of hydrogen-bond donors (Lipinski definition) is 1. The third-order valence-corrected chi connectivity index (χ3v) is 22.3. The fraction of sp³-hybridized carbons (Fsp3) is 1.00. The molecule has 0 amide bonds. The van der Waals surface area contributed by atoms with Gasteiger partial charge in [-0.25, -0.2) is 0 Å². The van der Waals surface area contributed by atoms with E-state index < -0.39 is 0 Å². The maximum Gasteiger partial charge on any atom is -0.00979 e. The Balaban J connectivity index is 3.09. The van der Waals surface area contributed by atoms with E-state index >= 15 is 0 Å². The minimum Gasteiger partial charge on any atom is -0.179 e. The average molecular weight is 1300 g/mol. The normalized spacial score (nSPS) is 11.8. The van der Waals surface area contributed by atoms with Crippen LogP contribution in [0.5, 0.6) is 0 Å². The Morgan fingerprint density at radius 3 is 0.198 bits per heavy atom. The molecule has 0 fully saturated rings. The highest BCUT2D eigenvalue weighted by atomic mass is 32.1. The van der Waals surface area contributed by atoms with Gasteiger partial charge in [-0.3, -0.25) is 0 Å². The highest BCUT2D eigenvalue weighted by Crippen LogP contribution is 2.23. The van der Waals surface area contributed by atoms with Gasteiger partial charge in [0.15, 0.2) is 0 Å². The summed E-state index contributed by atoms with van der Waals surface area (Å²) in [6, 6.07) is 0. The second-order valence-corrected chi connectivity index (χ2v) is 31.9. The molecule has 548 valence electrons. The summed E-state index contributed by atoms with van der Waals surface area (Å²) in [5, 5.41) is 0. The molecule has 0 aliphatic carbocycles. The first-order valence-corrected chi connectivity index (χ1v) is 45.7. The number of thiol groups is 1. The lowest BCUT2D eigenvalue weighted by molar-refractivity contribution is 0.505. The maximum absolute atomic E-state index is 4.31. The smallest absolute Gasteiger partial charge is 0.00979 e. The summed E-state index contributed by atoms with van der Waals surface area (Å²) in [6.07, 6.45) is 131. The topological polar surface area (TPSA) is 0 Å². The summed E-state index contributed by atoms with van der Waals surface area (Å²) < 4.78 is 0. The summed E-state index contributed by atoms with van der Waals surface area (Å²) in [5.74, 6) is 1.07. The third kappa shape index (κ3) is 90.3. The molecule has 0 aromatic carbocycles. The minimum absolute atomic E-state index is 1.07. The minimum atomic E-state index is 1.07. The first-order chi connectivity index (χ1) is 45.4. The van der Waals surface area contributed by atoms with E-state index in [1.165, 1.54) is 565 Å². The van der Waals surface area contributed by atoms with Crippen molar-refractivity contribution in [2.24, 2.45) is 0 Å². The second-order valence-electron chi connectivity index (χ2n) is 31.5. The first-order valence-electron chi connectivity index (χ1n) is 45.0. The van der Waals surface area contributed by atoms with Crippen molar-refractivity contribution in [2.45, 2.75) is 572 Å². The van der Waals surface area contributed by atoms with Crippen LogP contribution in [0.15, 0.2) is 0 Å². The van der Waals surface area contributed by atoms with E-state index in [4.69, 9.17) is 0 Å². The van der Waals surface area contributed by atoms with Crippen LogP contribution in [-0.4, -0.2) is 5.75 Å². The van der Waals surface area contributed by atoms with Crippen LogP contribution in [-0.2, 0) is 0 Å². The molecule has 0 aromatic rings. The molecular weight excluding hydrogens is 1110 g/mol. The zero-order valence-corrected chi connectivity index (χ0v) is 65.3. The second kappa shape index (κ2) is 90.3. The zero-order chi connectivity index (χ0) is 64.9. The molecular formula is C90H182S. The third-order valence-electron chi connectivity index (χ3n) is 22.0. The van der Waals surface area contributed by atoms with Crippen molar-refractivity contribution in [1.29, 1.82) is 0 Å². The molecule has 0 atom stereocenters. The van der Waals surface area contributed by atoms with Gasteiger partial charge in [0, 0.05) is 0 Å². The zero-order valence-electron chi connectivity index (χ0n) is 64.4. The van der Waals surface area contributed by atoms with Crippen molar-refractivity contribution in [1.82, 2.24) is 0 Å². The van der Waals surface area contributed by atoms with Crippen molar-refractivity contribution in [3.8, 4) is 0 Å². The van der Waals surface area contributed by atoms with Gasteiger partial charge in [-0.05, 0) is 12.2 Å². The van der Waals surface area contributed by atoms with Crippen LogP contribution in [0.25, 0.3) is 0 Å². The summed E-state index contributed by atoms with van der Waals surface area (Å²) in [6.45, 7) is 2.32. The van der Waals surface area contributed by atoms with Crippen LogP contribution in [0.3, 0.4) is 0 Å². The lowest BCUT2D eigenvalue weighted by atomic mass is 10.0. The molecule has 0 heterocycles. The van der Waals surface area contributed by atoms with Crippen LogP contribution in [0.4, 0.5) is 0 Å². The van der Waals surface area contributed by atoms with E-state index in [1.54, 1.807) is 0 Å². The van der Waals surface area contributed by atoms with E-state index in [1.807, 2.05) is 0 Å². The predicted octanol–water partition coefficient (Wildman–Crippen LogP) is 35.3. The number of unbranched alkanes of at least 4 members (excludes halogenated alkanes) is 87. The average Bonchev–Trinajstić information content (AvgIpc) is 3.56. The molecule has 0 rings (SSSR count). The highest BCUT2D eigenvalue weighted by molar-refractivity contribution is 7.80. The SMILES string of the molecule is CCCCCCCCCCCCCCCCCCCCCCCCCCCCCCCCCCCCCCCCCCCCCCCCCCCCCCCCCCCCCCCCCCCCCCCCCCCCCCCCCCCCCCCCCCS. The van der Waals surface area contributed by atoms with Gasteiger partial charge in [-0.1, -0.05) is 566 Å². The molecule has 0 aliphatic rings. The molecule has 0 spiro atoms. The molecule has 0 bridgehead atoms. The maximum atomic E-state index is 4.31. The van der Waals surface area contributed by atoms with Crippen molar-refractivity contribution in [3.05, 3.63) is 0 Å². The largest absolute Gasteiger partial charge is 0.179 e. The van der Waals surface area contributed by atoms with E-state index in [-0.39, 0.29) is 0 Å². The molecule has 0 saturated carbocycles. The predicted molar refractivity (Wildman–Crippen MR) is 426 cm³/mol. The quantitative estimate of drug-likeness (QED) is 0.0455. The standard InChI is InChI=1S/C90H182S/c1-2-3-4-5-6-7-8-9-10-11-12-13-14-15-16-17-18-19-20-21-22-23-24-25-26-27-28-29-30-31-32-33-34-35-36-37-38-39-40-41-42-43-44-45-46-47-48-49-50-51-52-53-54-55-56-57-58-59-60-61-62-63-64-65-66-67-68-69-70-71-72-73-74-75-76-77-78-79-80-81-82-83-84-85-86-87-88-89-90-91/h91H,2-90H2,1H3. The van der Waals surface area contributed by atoms with Gasteiger partial charge in [-0.2, -0.15) is 12.6 Å². The van der Waals surface area contributed by atoms with Gasteiger partial charge in [0.2, 0.25) is 0 Å². The molecule has 0 unspecified atom stereocenters. The monoisotopic (exact) mass is 1300 g/mol. The first kappa shape index (κ1) is 91.4. The fourth-order valence-electron chi connectivity index (χ4n) is 15.4. The van der Waals surface area contributed by atoms with Crippen molar-refractivity contribution < 1.29 is 0 Å². The summed E-state index contributed by atoms with van der Waals surface area (Å²) in [5.41, 5.74) is 0. The summed E-state index contributed by atoms with van der Waals surface area (Å²) in [4.78, 5) is 0. The number of rotatable bonds is 88. The van der Waals surface area contributed by atoms with Gasteiger partial charge < -0.3 is 0 Å². The van der Waals surface area contributed by atoms with Gasteiger partial charge in [-0.15, -0.1) is 0 Å². The lowest BCUT2D eigenvalue weighted by Crippen LogP contribution is -1.85. The molecule has 91 heavy (non-hydrogen) atoms. The lowest BCUT2D eigenvalue weighted by Gasteiger charge is -2.05.